The van der Waals surface area contributed by atoms with Crippen LogP contribution in [0.3, 0.4) is 0 Å². The number of hydrogen-bond acceptors (Lipinski definition) is 3. The van der Waals surface area contributed by atoms with Crippen LogP contribution >= 0.6 is 0 Å². The minimum atomic E-state index is 0.389. The molecule has 0 aliphatic heterocycles. The molecule has 0 aromatic carbocycles. The van der Waals surface area contributed by atoms with E-state index in [1.165, 1.54) is 0 Å². The van der Waals surface area contributed by atoms with Gasteiger partial charge in [-0.15, -0.1) is 0 Å². The monoisotopic (exact) mass is 160 g/mol. The minimum Gasteiger partial charge on any atom is -0.489 e. The van der Waals surface area contributed by atoms with Crippen LogP contribution in [-0.2, 0) is 0 Å². The van der Waals surface area contributed by atoms with E-state index in [1.54, 1.807) is 18.3 Å². The van der Waals surface area contributed by atoms with Crippen molar-refractivity contribution in [3.63, 3.8) is 0 Å². The van der Waals surface area contributed by atoms with Gasteiger partial charge in [0.05, 0.1) is 12.3 Å². The Morgan fingerprint density at radius 1 is 1.50 bits per heavy atom. The molecule has 1 fully saturated rings. The molecule has 0 saturated heterocycles. The van der Waals surface area contributed by atoms with Gasteiger partial charge in [0.1, 0.15) is 17.5 Å². The van der Waals surface area contributed by atoms with Gasteiger partial charge in [-0.3, -0.25) is 0 Å². The number of nitriles is 1. The predicted molar refractivity (Wildman–Crippen MR) is 42.6 cm³/mol. The zero-order valence-corrected chi connectivity index (χ0v) is 6.53. The van der Waals surface area contributed by atoms with E-state index in [4.69, 9.17) is 10.00 Å². The van der Waals surface area contributed by atoms with Crippen LogP contribution in [0.15, 0.2) is 18.3 Å². The molecule has 12 heavy (non-hydrogen) atoms. The third kappa shape index (κ3) is 1.54. The van der Waals surface area contributed by atoms with E-state index in [9.17, 15) is 0 Å². The van der Waals surface area contributed by atoms with E-state index in [0.29, 0.717) is 11.8 Å². The van der Waals surface area contributed by atoms with Gasteiger partial charge in [0.2, 0.25) is 0 Å². The first-order valence-corrected chi connectivity index (χ1v) is 3.91. The first-order chi connectivity index (χ1) is 5.88. The molecule has 0 spiro atoms. The second kappa shape index (κ2) is 2.82. The van der Waals surface area contributed by atoms with Crippen LogP contribution in [0.2, 0.25) is 0 Å². The van der Waals surface area contributed by atoms with Crippen molar-refractivity contribution in [1.82, 2.24) is 4.98 Å². The Balaban J connectivity index is 2.08. The molecule has 60 valence electrons. The van der Waals surface area contributed by atoms with Gasteiger partial charge < -0.3 is 4.74 Å². The highest BCUT2D eigenvalue weighted by Gasteiger charge is 2.23. The van der Waals surface area contributed by atoms with Crippen molar-refractivity contribution in [2.24, 2.45) is 0 Å². The molecule has 1 aliphatic carbocycles. The highest BCUT2D eigenvalue weighted by atomic mass is 16.5. The van der Waals surface area contributed by atoms with Crippen LogP contribution in [0.1, 0.15) is 18.5 Å². The lowest BCUT2D eigenvalue weighted by Gasteiger charge is -2.01. The van der Waals surface area contributed by atoms with Crippen molar-refractivity contribution in [3.05, 3.63) is 24.0 Å². The maximum atomic E-state index is 8.47. The van der Waals surface area contributed by atoms with E-state index >= 15 is 0 Å². The first kappa shape index (κ1) is 7.11. The molecule has 1 heterocycles. The third-order valence-electron chi connectivity index (χ3n) is 1.68. The SMILES string of the molecule is N#Cc1ccc(OC2CC2)cn1. The molecule has 0 amide bonds. The lowest BCUT2D eigenvalue weighted by atomic mass is 10.4. The van der Waals surface area contributed by atoms with Crippen molar-refractivity contribution in [1.29, 1.82) is 5.26 Å². The zero-order valence-electron chi connectivity index (χ0n) is 6.53. The fraction of sp³-hybridized carbons (Fsp3) is 0.333. The minimum absolute atomic E-state index is 0.389. The van der Waals surface area contributed by atoms with Crippen LogP contribution in [-0.4, -0.2) is 11.1 Å². The van der Waals surface area contributed by atoms with E-state index in [-0.39, 0.29) is 0 Å². The Bertz CT molecular complexity index is 308. The summed E-state index contributed by atoms with van der Waals surface area (Å²) in [7, 11) is 0. The van der Waals surface area contributed by atoms with Gasteiger partial charge in [-0.2, -0.15) is 5.26 Å². The molecule has 1 aromatic heterocycles. The van der Waals surface area contributed by atoms with Crippen LogP contribution in [0.5, 0.6) is 5.75 Å². The van der Waals surface area contributed by atoms with Crippen LogP contribution in [0.4, 0.5) is 0 Å². The molecule has 0 bridgehead atoms. The molecule has 3 heteroatoms. The van der Waals surface area contributed by atoms with E-state index in [0.717, 1.165) is 18.6 Å². The number of aromatic nitrogens is 1. The highest BCUT2D eigenvalue weighted by molar-refractivity contribution is 5.26. The largest absolute Gasteiger partial charge is 0.489 e. The summed E-state index contributed by atoms with van der Waals surface area (Å²) in [6.45, 7) is 0. The van der Waals surface area contributed by atoms with E-state index < -0.39 is 0 Å². The normalized spacial score (nSPS) is 15.2. The van der Waals surface area contributed by atoms with Crippen molar-refractivity contribution in [2.45, 2.75) is 18.9 Å². The van der Waals surface area contributed by atoms with Gasteiger partial charge in [-0.25, -0.2) is 4.98 Å². The number of pyridine rings is 1. The van der Waals surface area contributed by atoms with Crippen LogP contribution in [0.25, 0.3) is 0 Å². The Kier molecular flexibility index (Phi) is 1.67. The summed E-state index contributed by atoms with van der Waals surface area (Å²) >= 11 is 0. The molecule has 2 rings (SSSR count). The zero-order chi connectivity index (χ0) is 8.39. The van der Waals surface area contributed by atoms with Gasteiger partial charge in [0, 0.05) is 0 Å². The second-order valence-corrected chi connectivity index (χ2v) is 2.81. The van der Waals surface area contributed by atoms with Gasteiger partial charge in [0.25, 0.3) is 0 Å². The van der Waals surface area contributed by atoms with Gasteiger partial charge in [-0.1, -0.05) is 0 Å². The lowest BCUT2D eigenvalue weighted by molar-refractivity contribution is 0.302. The lowest BCUT2D eigenvalue weighted by Crippen LogP contribution is -1.96. The van der Waals surface area contributed by atoms with Crippen molar-refractivity contribution >= 4 is 0 Å². The van der Waals surface area contributed by atoms with Crippen molar-refractivity contribution in [2.75, 3.05) is 0 Å². The summed E-state index contributed by atoms with van der Waals surface area (Å²) in [5, 5.41) is 8.47. The second-order valence-electron chi connectivity index (χ2n) is 2.81. The first-order valence-electron chi connectivity index (χ1n) is 3.91. The fourth-order valence-corrected chi connectivity index (χ4v) is 0.894. The predicted octanol–water partition coefficient (Wildman–Crippen LogP) is 1.49. The molecular formula is C9H8N2O. The van der Waals surface area contributed by atoms with Gasteiger partial charge >= 0.3 is 0 Å². The Labute approximate surface area is 70.6 Å². The summed E-state index contributed by atoms with van der Waals surface area (Å²) in [5.74, 6) is 0.761. The molecule has 1 saturated carbocycles. The molecule has 0 atom stereocenters. The maximum absolute atomic E-state index is 8.47. The fourth-order valence-electron chi connectivity index (χ4n) is 0.894. The Morgan fingerprint density at radius 3 is 2.83 bits per heavy atom. The summed E-state index contributed by atoms with van der Waals surface area (Å²) in [4.78, 5) is 3.89. The number of ether oxygens (including phenoxy) is 1. The van der Waals surface area contributed by atoms with Crippen molar-refractivity contribution in [3.8, 4) is 11.8 Å². The molecule has 0 unspecified atom stereocenters. The summed E-state index contributed by atoms with van der Waals surface area (Å²) in [5.41, 5.74) is 0.429. The molecule has 0 radical (unpaired) electrons. The smallest absolute Gasteiger partial charge is 0.140 e. The van der Waals surface area contributed by atoms with E-state index in [2.05, 4.69) is 4.98 Å². The van der Waals surface area contributed by atoms with E-state index in [1.807, 2.05) is 6.07 Å². The molecule has 3 nitrogen and oxygen atoms in total. The van der Waals surface area contributed by atoms with Gasteiger partial charge in [0.15, 0.2) is 0 Å². The summed E-state index contributed by atoms with van der Waals surface area (Å²) in [6.07, 6.45) is 4.26. The van der Waals surface area contributed by atoms with Crippen molar-refractivity contribution < 1.29 is 4.74 Å². The quantitative estimate of drug-likeness (QED) is 0.658. The number of nitrogens with zero attached hydrogens (tertiary/aromatic N) is 2. The molecule has 1 aliphatic rings. The molecular weight excluding hydrogens is 152 g/mol. The summed E-state index contributed by atoms with van der Waals surface area (Å²) < 4.78 is 5.45. The molecule has 0 N–H and O–H groups in total. The average molecular weight is 160 g/mol. The topological polar surface area (TPSA) is 45.9 Å². The molecule has 1 aromatic rings. The maximum Gasteiger partial charge on any atom is 0.140 e. The van der Waals surface area contributed by atoms with Crippen LogP contribution in [0, 0.1) is 11.3 Å². The summed E-state index contributed by atoms with van der Waals surface area (Å²) in [6, 6.07) is 5.40. The average Bonchev–Trinajstić information content (AvgIpc) is 2.90. The third-order valence-corrected chi connectivity index (χ3v) is 1.68. The number of rotatable bonds is 2. The number of hydrogen-bond donors (Lipinski definition) is 0. The Morgan fingerprint density at radius 2 is 2.33 bits per heavy atom. The standard InChI is InChI=1S/C9H8N2O/c10-5-7-1-2-9(6-11-7)12-8-3-4-8/h1-2,6,8H,3-4H2. The Hall–Kier alpha value is -1.56. The highest BCUT2D eigenvalue weighted by Crippen LogP contribution is 2.25. The van der Waals surface area contributed by atoms with Gasteiger partial charge in [-0.05, 0) is 25.0 Å². The van der Waals surface area contributed by atoms with Crippen LogP contribution < -0.4 is 4.74 Å².